The molecule has 1 spiro atoms. The van der Waals surface area contributed by atoms with Crippen molar-refractivity contribution in [2.75, 3.05) is 13.1 Å². The Hall–Kier alpha value is -2.67. The molecule has 7 heteroatoms. The predicted molar refractivity (Wildman–Crippen MR) is 106 cm³/mol. The number of aryl methyl sites for hydroxylation is 1. The number of nitrogens with one attached hydrogen (secondary N) is 1. The van der Waals surface area contributed by atoms with Crippen molar-refractivity contribution in [2.24, 2.45) is 11.1 Å². The fourth-order valence-corrected chi connectivity index (χ4v) is 4.43. The summed E-state index contributed by atoms with van der Waals surface area (Å²) in [4.78, 5) is 31.2. The molecule has 2 aliphatic rings. The van der Waals surface area contributed by atoms with Gasteiger partial charge in [-0.15, -0.1) is 0 Å². The zero-order chi connectivity index (χ0) is 19.7. The van der Waals surface area contributed by atoms with Crippen LogP contribution in [-0.2, 0) is 13.1 Å². The minimum Gasteiger partial charge on any atom is -0.366 e. The summed E-state index contributed by atoms with van der Waals surface area (Å²) in [6.07, 6.45) is 6.99. The predicted octanol–water partition coefficient (Wildman–Crippen LogP) is 1.79. The lowest BCUT2D eigenvalue weighted by molar-refractivity contribution is 0.0684. The summed E-state index contributed by atoms with van der Waals surface area (Å²) in [5, 5.41) is 3.42. The van der Waals surface area contributed by atoms with Gasteiger partial charge >= 0.3 is 0 Å². The van der Waals surface area contributed by atoms with Crippen molar-refractivity contribution in [2.45, 2.75) is 45.3 Å². The third kappa shape index (κ3) is 3.42. The molecule has 2 heterocycles. The highest BCUT2D eigenvalue weighted by Crippen LogP contribution is 2.56. The van der Waals surface area contributed by atoms with Crippen LogP contribution in [0.4, 0.5) is 0 Å². The molecule has 2 amide bonds. The lowest BCUT2D eigenvalue weighted by Gasteiger charge is -2.29. The van der Waals surface area contributed by atoms with Crippen molar-refractivity contribution >= 4 is 11.8 Å². The maximum atomic E-state index is 13.4. The monoisotopic (exact) mass is 381 g/mol. The van der Waals surface area contributed by atoms with Crippen molar-refractivity contribution in [3.8, 4) is 0 Å². The van der Waals surface area contributed by atoms with Gasteiger partial charge in [-0.2, -0.15) is 0 Å². The molecule has 28 heavy (non-hydrogen) atoms. The van der Waals surface area contributed by atoms with E-state index in [1.807, 2.05) is 11.1 Å². The Morgan fingerprint density at radius 3 is 2.57 bits per heavy atom. The standard InChI is InChI=1S/C21H27N5O2/c1-2-25-12-11-24-18(25)14-26(17-13-21(17)7-9-23-10-8-21)20(28)16-5-3-15(4-6-16)19(22)27/h3-6,11-12,17,23H,2,7-10,13-14H2,1H3,(H2,22,27)/t17-/m1/s1. The van der Waals surface area contributed by atoms with E-state index >= 15 is 0 Å². The second-order valence-corrected chi connectivity index (χ2v) is 7.84. The number of hydrogen-bond acceptors (Lipinski definition) is 4. The van der Waals surface area contributed by atoms with E-state index in [1.165, 1.54) is 0 Å². The second-order valence-electron chi connectivity index (χ2n) is 7.84. The molecule has 7 nitrogen and oxygen atoms in total. The number of amides is 2. The summed E-state index contributed by atoms with van der Waals surface area (Å²) in [6.45, 7) is 5.41. The molecule has 2 aromatic rings. The number of nitrogens with two attached hydrogens (primary N) is 1. The SMILES string of the molecule is CCn1ccnc1CN(C(=O)c1ccc(C(N)=O)cc1)[C@@H]1CC12CCNCC2. The number of piperidine rings is 1. The van der Waals surface area contributed by atoms with Crippen molar-refractivity contribution < 1.29 is 9.59 Å². The quantitative estimate of drug-likeness (QED) is 0.798. The van der Waals surface area contributed by atoms with Gasteiger partial charge in [0.25, 0.3) is 5.91 Å². The van der Waals surface area contributed by atoms with Crippen LogP contribution in [-0.4, -0.2) is 45.4 Å². The number of carbonyl (C=O) groups excluding carboxylic acids is 2. The Bertz CT molecular complexity index is 867. The molecule has 1 saturated heterocycles. The van der Waals surface area contributed by atoms with Crippen LogP contribution in [0.3, 0.4) is 0 Å². The minimum absolute atomic E-state index is 0.0120. The first-order chi connectivity index (χ1) is 13.5. The molecule has 0 bridgehead atoms. The normalized spacial score (nSPS) is 20.1. The lowest BCUT2D eigenvalue weighted by atomic mass is 9.93. The number of primary amides is 1. The van der Waals surface area contributed by atoms with Crippen LogP contribution in [0.25, 0.3) is 0 Å². The molecule has 1 saturated carbocycles. The molecule has 1 aromatic heterocycles. The average molecular weight is 381 g/mol. The summed E-state index contributed by atoms with van der Waals surface area (Å²) in [5.74, 6) is 0.402. The van der Waals surface area contributed by atoms with E-state index in [2.05, 4.69) is 21.8 Å². The molecule has 0 radical (unpaired) electrons. The number of hydrogen-bond donors (Lipinski definition) is 2. The van der Waals surface area contributed by atoms with Crippen LogP contribution in [0.1, 0.15) is 52.7 Å². The van der Waals surface area contributed by atoms with Gasteiger partial charge < -0.3 is 20.5 Å². The summed E-state index contributed by atoms with van der Waals surface area (Å²) < 4.78 is 2.08. The molecule has 148 valence electrons. The van der Waals surface area contributed by atoms with E-state index in [0.717, 1.165) is 44.7 Å². The fourth-order valence-electron chi connectivity index (χ4n) is 4.43. The third-order valence-corrected chi connectivity index (χ3v) is 6.25. The Labute approximate surface area is 164 Å². The van der Waals surface area contributed by atoms with Gasteiger partial charge in [-0.3, -0.25) is 9.59 Å². The third-order valence-electron chi connectivity index (χ3n) is 6.25. The summed E-state index contributed by atoms with van der Waals surface area (Å²) in [5.41, 5.74) is 6.54. The summed E-state index contributed by atoms with van der Waals surface area (Å²) >= 11 is 0. The topological polar surface area (TPSA) is 93.2 Å². The molecule has 1 aliphatic heterocycles. The zero-order valence-electron chi connectivity index (χ0n) is 16.2. The maximum absolute atomic E-state index is 13.4. The highest BCUT2D eigenvalue weighted by atomic mass is 16.2. The Morgan fingerprint density at radius 2 is 1.93 bits per heavy atom. The second kappa shape index (κ2) is 7.39. The first-order valence-electron chi connectivity index (χ1n) is 9.95. The van der Waals surface area contributed by atoms with Gasteiger partial charge in [-0.05, 0) is 69.0 Å². The number of rotatable bonds is 6. The Kier molecular flexibility index (Phi) is 4.93. The number of imidazole rings is 1. The van der Waals surface area contributed by atoms with Crippen molar-refractivity contribution in [1.29, 1.82) is 0 Å². The minimum atomic E-state index is -0.489. The zero-order valence-corrected chi connectivity index (χ0v) is 16.2. The molecular weight excluding hydrogens is 354 g/mol. The summed E-state index contributed by atoms with van der Waals surface area (Å²) in [7, 11) is 0. The first kappa shape index (κ1) is 18.7. The molecule has 3 N–H and O–H groups in total. The highest BCUT2D eigenvalue weighted by Gasteiger charge is 2.57. The van der Waals surface area contributed by atoms with E-state index in [-0.39, 0.29) is 17.4 Å². The van der Waals surface area contributed by atoms with E-state index < -0.39 is 5.91 Å². The smallest absolute Gasteiger partial charge is 0.254 e. The van der Waals surface area contributed by atoms with Gasteiger partial charge in [0.1, 0.15) is 5.82 Å². The maximum Gasteiger partial charge on any atom is 0.254 e. The Balaban J connectivity index is 1.60. The molecular formula is C21H27N5O2. The van der Waals surface area contributed by atoms with Gasteiger partial charge in [0.15, 0.2) is 0 Å². The van der Waals surface area contributed by atoms with Gasteiger partial charge in [0, 0.05) is 36.1 Å². The largest absolute Gasteiger partial charge is 0.366 e. The molecule has 0 unspecified atom stereocenters. The van der Waals surface area contributed by atoms with Crippen LogP contribution in [0.5, 0.6) is 0 Å². The lowest BCUT2D eigenvalue weighted by Crippen LogP contribution is -2.39. The van der Waals surface area contributed by atoms with Crippen molar-refractivity contribution in [1.82, 2.24) is 19.8 Å². The van der Waals surface area contributed by atoms with Crippen LogP contribution in [0.2, 0.25) is 0 Å². The first-order valence-corrected chi connectivity index (χ1v) is 9.95. The van der Waals surface area contributed by atoms with E-state index in [4.69, 9.17) is 5.73 Å². The Morgan fingerprint density at radius 1 is 1.25 bits per heavy atom. The highest BCUT2D eigenvalue weighted by molar-refractivity contribution is 5.97. The van der Waals surface area contributed by atoms with Gasteiger partial charge in [0.2, 0.25) is 5.91 Å². The van der Waals surface area contributed by atoms with Crippen LogP contribution in [0, 0.1) is 5.41 Å². The number of carbonyl (C=O) groups is 2. The van der Waals surface area contributed by atoms with Crippen LogP contribution in [0.15, 0.2) is 36.7 Å². The molecule has 1 aromatic carbocycles. The number of aromatic nitrogens is 2. The van der Waals surface area contributed by atoms with Crippen LogP contribution < -0.4 is 11.1 Å². The number of benzene rings is 1. The van der Waals surface area contributed by atoms with Crippen LogP contribution >= 0.6 is 0 Å². The van der Waals surface area contributed by atoms with Crippen molar-refractivity contribution in [3.63, 3.8) is 0 Å². The molecule has 1 atom stereocenters. The van der Waals surface area contributed by atoms with Gasteiger partial charge in [-0.1, -0.05) is 0 Å². The van der Waals surface area contributed by atoms with E-state index in [0.29, 0.717) is 17.7 Å². The van der Waals surface area contributed by atoms with Crippen molar-refractivity contribution in [3.05, 3.63) is 53.6 Å². The summed E-state index contributed by atoms with van der Waals surface area (Å²) in [6, 6.07) is 6.86. The fraction of sp³-hybridized carbons (Fsp3) is 0.476. The van der Waals surface area contributed by atoms with Gasteiger partial charge in [0.05, 0.1) is 6.54 Å². The average Bonchev–Trinajstić information content (AvgIpc) is 3.19. The van der Waals surface area contributed by atoms with Gasteiger partial charge in [-0.25, -0.2) is 4.98 Å². The molecule has 2 fully saturated rings. The molecule has 1 aliphatic carbocycles. The van der Waals surface area contributed by atoms with E-state index in [9.17, 15) is 9.59 Å². The molecule has 4 rings (SSSR count). The number of nitrogens with zero attached hydrogens (tertiary/aromatic N) is 3. The van der Waals surface area contributed by atoms with E-state index in [1.54, 1.807) is 30.5 Å².